The van der Waals surface area contributed by atoms with E-state index in [1.165, 1.54) is 32.5 Å². The molecular weight excluding hydrogens is 170 g/mol. The highest BCUT2D eigenvalue weighted by Crippen LogP contribution is 2.21. The summed E-state index contributed by atoms with van der Waals surface area (Å²) < 4.78 is 0. The normalized spacial score (nSPS) is 12.9. The second-order valence-electron chi connectivity index (χ2n) is 5.65. The molecular formula is C13H29N. The summed E-state index contributed by atoms with van der Waals surface area (Å²) in [5.74, 6) is 0.786. The van der Waals surface area contributed by atoms with Crippen molar-refractivity contribution < 1.29 is 0 Å². The van der Waals surface area contributed by atoms with Crippen molar-refractivity contribution in [2.45, 2.75) is 54.4 Å². The van der Waals surface area contributed by atoms with Gasteiger partial charge in [0.15, 0.2) is 0 Å². The van der Waals surface area contributed by atoms with E-state index in [1.807, 2.05) is 0 Å². The van der Waals surface area contributed by atoms with Crippen molar-refractivity contribution in [1.29, 1.82) is 0 Å². The summed E-state index contributed by atoms with van der Waals surface area (Å²) in [6.45, 7) is 17.7. The second-order valence-corrected chi connectivity index (χ2v) is 5.65. The van der Waals surface area contributed by atoms with E-state index in [4.69, 9.17) is 0 Å². The summed E-state index contributed by atoms with van der Waals surface area (Å²) in [4.78, 5) is 2.62. The Bertz CT molecular complexity index is 138. The zero-order valence-corrected chi connectivity index (χ0v) is 11.1. The number of hydrogen-bond donors (Lipinski definition) is 0. The van der Waals surface area contributed by atoms with Gasteiger partial charge in [0.25, 0.3) is 0 Å². The molecule has 0 saturated heterocycles. The summed E-state index contributed by atoms with van der Waals surface area (Å²) in [5, 5.41) is 0. The van der Waals surface area contributed by atoms with Crippen LogP contribution in [0.15, 0.2) is 0 Å². The molecule has 0 amide bonds. The Morgan fingerprint density at radius 3 is 2.07 bits per heavy atom. The molecule has 0 saturated carbocycles. The smallest absolute Gasteiger partial charge is 0.00327 e. The minimum Gasteiger partial charge on any atom is -0.303 e. The van der Waals surface area contributed by atoms with E-state index in [9.17, 15) is 0 Å². The number of nitrogens with zero attached hydrogens (tertiary/aromatic N) is 1. The number of rotatable bonds is 7. The fraction of sp³-hybridized carbons (Fsp3) is 1.00. The topological polar surface area (TPSA) is 3.24 Å². The van der Waals surface area contributed by atoms with Crippen LogP contribution in [-0.4, -0.2) is 24.5 Å². The van der Waals surface area contributed by atoms with Crippen LogP contribution in [0.4, 0.5) is 0 Å². The second kappa shape index (κ2) is 6.44. The van der Waals surface area contributed by atoms with Crippen LogP contribution in [0, 0.1) is 11.3 Å². The summed E-state index contributed by atoms with van der Waals surface area (Å²) in [6, 6.07) is 0. The van der Waals surface area contributed by atoms with E-state index in [0.29, 0.717) is 5.41 Å². The Balaban J connectivity index is 4.07. The average molecular weight is 199 g/mol. The van der Waals surface area contributed by atoms with Crippen LogP contribution in [0.25, 0.3) is 0 Å². The van der Waals surface area contributed by atoms with Crippen LogP contribution in [0.1, 0.15) is 54.4 Å². The monoisotopic (exact) mass is 199 g/mol. The first-order chi connectivity index (χ1) is 6.41. The van der Waals surface area contributed by atoms with Crippen molar-refractivity contribution in [3.8, 4) is 0 Å². The van der Waals surface area contributed by atoms with Gasteiger partial charge in [0.2, 0.25) is 0 Å². The highest BCUT2D eigenvalue weighted by Gasteiger charge is 2.19. The molecule has 0 heterocycles. The van der Waals surface area contributed by atoms with Crippen LogP contribution < -0.4 is 0 Å². The average Bonchev–Trinajstić information content (AvgIpc) is 2.03. The Labute approximate surface area is 90.9 Å². The molecule has 0 bridgehead atoms. The molecule has 0 aromatic rings. The van der Waals surface area contributed by atoms with Crippen molar-refractivity contribution >= 4 is 0 Å². The highest BCUT2D eigenvalue weighted by molar-refractivity contribution is 4.73. The molecule has 0 spiro atoms. The zero-order valence-electron chi connectivity index (χ0n) is 11.1. The van der Waals surface area contributed by atoms with E-state index in [-0.39, 0.29) is 0 Å². The molecule has 0 fully saturated rings. The van der Waals surface area contributed by atoms with Gasteiger partial charge in [-0.25, -0.2) is 0 Å². The fourth-order valence-electron chi connectivity index (χ4n) is 1.78. The minimum atomic E-state index is 0.476. The van der Waals surface area contributed by atoms with Gasteiger partial charge in [0, 0.05) is 13.1 Å². The van der Waals surface area contributed by atoms with Crippen molar-refractivity contribution in [2.75, 3.05) is 19.6 Å². The van der Waals surface area contributed by atoms with Crippen molar-refractivity contribution in [3.63, 3.8) is 0 Å². The van der Waals surface area contributed by atoms with E-state index < -0.39 is 0 Å². The third-order valence-corrected chi connectivity index (χ3v) is 2.77. The van der Waals surface area contributed by atoms with Gasteiger partial charge in [-0.2, -0.15) is 0 Å². The third-order valence-electron chi connectivity index (χ3n) is 2.77. The maximum atomic E-state index is 2.62. The molecule has 0 N–H and O–H groups in total. The van der Waals surface area contributed by atoms with Gasteiger partial charge in [-0.05, 0) is 30.7 Å². The summed E-state index contributed by atoms with van der Waals surface area (Å²) in [7, 11) is 0. The summed E-state index contributed by atoms with van der Waals surface area (Å²) >= 11 is 0. The van der Waals surface area contributed by atoms with Crippen molar-refractivity contribution in [2.24, 2.45) is 11.3 Å². The van der Waals surface area contributed by atoms with E-state index in [2.05, 4.69) is 46.4 Å². The number of hydrogen-bond acceptors (Lipinski definition) is 1. The highest BCUT2D eigenvalue weighted by atomic mass is 15.1. The largest absolute Gasteiger partial charge is 0.303 e. The van der Waals surface area contributed by atoms with Gasteiger partial charge in [-0.15, -0.1) is 0 Å². The standard InChI is InChI=1S/C13H29N/c1-7-9-14(10-12(3)4)11-13(5,6)8-2/h12H,7-11H2,1-6H3. The first kappa shape index (κ1) is 14.0. The van der Waals surface area contributed by atoms with Gasteiger partial charge in [-0.3, -0.25) is 0 Å². The van der Waals surface area contributed by atoms with Gasteiger partial charge < -0.3 is 4.90 Å². The molecule has 0 aromatic heterocycles. The lowest BCUT2D eigenvalue weighted by atomic mass is 9.89. The third kappa shape index (κ3) is 6.42. The lowest BCUT2D eigenvalue weighted by Crippen LogP contribution is -2.36. The van der Waals surface area contributed by atoms with Gasteiger partial charge in [0.05, 0.1) is 0 Å². The zero-order chi connectivity index (χ0) is 11.2. The van der Waals surface area contributed by atoms with Crippen molar-refractivity contribution in [3.05, 3.63) is 0 Å². The summed E-state index contributed by atoms with van der Waals surface area (Å²) in [5.41, 5.74) is 0.476. The molecule has 0 aliphatic heterocycles. The molecule has 0 unspecified atom stereocenters. The molecule has 0 rings (SSSR count). The van der Waals surface area contributed by atoms with Crippen LogP contribution >= 0.6 is 0 Å². The first-order valence-corrected chi connectivity index (χ1v) is 6.13. The Kier molecular flexibility index (Phi) is 6.43. The molecule has 86 valence electrons. The minimum absolute atomic E-state index is 0.476. The maximum absolute atomic E-state index is 2.62. The Morgan fingerprint density at radius 2 is 1.71 bits per heavy atom. The maximum Gasteiger partial charge on any atom is 0.00327 e. The predicted molar refractivity (Wildman–Crippen MR) is 65.6 cm³/mol. The van der Waals surface area contributed by atoms with E-state index in [0.717, 1.165) is 5.92 Å². The van der Waals surface area contributed by atoms with Gasteiger partial charge in [-0.1, -0.05) is 41.5 Å². The van der Waals surface area contributed by atoms with Gasteiger partial charge in [0.1, 0.15) is 0 Å². The molecule has 0 aromatic carbocycles. The molecule has 0 atom stereocenters. The lowest BCUT2D eigenvalue weighted by molar-refractivity contribution is 0.158. The first-order valence-electron chi connectivity index (χ1n) is 6.13. The Hall–Kier alpha value is -0.0400. The van der Waals surface area contributed by atoms with E-state index in [1.54, 1.807) is 0 Å². The fourth-order valence-corrected chi connectivity index (χ4v) is 1.78. The molecule has 0 radical (unpaired) electrons. The van der Waals surface area contributed by atoms with Crippen LogP contribution in [-0.2, 0) is 0 Å². The quantitative estimate of drug-likeness (QED) is 0.603. The van der Waals surface area contributed by atoms with Crippen LogP contribution in [0.2, 0.25) is 0 Å². The molecule has 0 aliphatic carbocycles. The molecule has 1 heteroatoms. The predicted octanol–water partition coefficient (Wildman–Crippen LogP) is 3.79. The molecule has 0 aliphatic rings. The SMILES string of the molecule is CCCN(CC(C)C)CC(C)(C)CC. The van der Waals surface area contributed by atoms with Crippen LogP contribution in [0.3, 0.4) is 0 Å². The van der Waals surface area contributed by atoms with E-state index >= 15 is 0 Å². The summed E-state index contributed by atoms with van der Waals surface area (Å²) in [6.07, 6.45) is 2.54. The van der Waals surface area contributed by atoms with Gasteiger partial charge >= 0.3 is 0 Å². The molecule has 1 nitrogen and oxygen atoms in total. The Morgan fingerprint density at radius 1 is 1.14 bits per heavy atom. The van der Waals surface area contributed by atoms with Crippen LogP contribution in [0.5, 0.6) is 0 Å². The van der Waals surface area contributed by atoms with Crippen molar-refractivity contribution in [1.82, 2.24) is 4.90 Å². The lowest BCUT2D eigenvalue weighted by Gasteiger charge is -2.32. The molecule has 14 heavy (non-hydrogen) atoms.